The third kappa shape index (κ3) is 9.51. The molecule has 12 heteroatoms. The third-order valence-corrected chi connectivity index (χ3v) is 9.08. The van der Waals surface area contributed by atoms with Crippen molar-refractivity contribution in [2.24, 2.45) is 0 Å². The van der Waals surface area contributed by atoms with Crippen molar-refractivity contribution in [1.29, 1.82) is 0 Å². The number of carbonyl (C=O) groups excluding carboxylic acids is 1. The Morgan fingerprint density at radius 3 is 2.00 bits per heavy atom. The molecule has 202 valence electrons. The Hall–Kier alpha value is -0.850. The highest BCUT2D eigenvalue weighted by Crippen LogP contribution is 2.48. The Morgan fingerprint density at radius 1 is 1.09 bits per heavy atom. The second-order valence-corrected chi connectivity index (χ2v) is 12.1. The Bertz CT molecular complexity index is 948. The number of rotatable bonds is 7. The zero-order valence-electron chi connectivity index (χ0n) is 20.7. The minimum atomic E-state index is -3.92. The number of ether oxygens (including phenoxy) is 1. The number of nitrogens with one attached hydrogen (secondary N) is 2. The van der Waals surface area contributed by atoms with E-state index in [1.54, 1.807) is 6.07 Å². The first kappa shape index (κ1) is 32.2. The van der Waals surface area contributed by atoms with Gasteiger partial charge in [0.1, 0.15) is 11.4 Å². The Balaban J connectivity index is 0.000000670. The van der Waals surface area contributed by atoms with Crippen LogP contribution in [0.5, 0.6) is 5.75 Å². The van der Waals surface area contributed by atoms with Gasteiger partial charge in [0.15, 0.2) is 0 Å². The Morgan fingerprint density at radius 2 is 1.57 bits per heavy atom. The summed E-state index contributed by atoms with van der Waals surface area (Å²) in [7, 11) is -2.49. The number of hydrogen-bond donors (Lipinski definition) is 2. The molecule has 1 aromatic carbocycles. The van der Waals surface area contributed by atoms with E-state index >= 15 is 0 Å². The Labute approximate surface area is 223 Å². The van der Waals surface area contributed by atoms with Gasteiger partial charge in [0.25, 0.3) is 0 Å². The van der Waals surface area contributed by atoms with E-state index in [1.807, 2.05) is 13.8 Å². The van der Waals surface area contributed by atoms with Gasteiger partial charge in [0, 0.05) is 22.5 Å². The number of methoxy groups -OCH3 is 1. The molecule has 3 aliphatic rings. The van der Waals surface area contributed by atoms with Crippen LogP contribution in [0.3, 0.4) is 0 Å². The van der Waals surface area contributed by atoms with Gasteiger partial charge >= 0.3 is 0 Å². The minimum Gasteiger partial charge on any atom is -0.496 e. The first-order chi connectivity index (χ1) is 16.1. The molecule has 0 unspecified atom stereocenters. The number of amides is 1. The van der Waals surface area contributed by atoms with Crippen LogP contribution in [0.2, 0.25) is 0 Å². The molecule has 0 spiro atoms. The topological polar surface area (TPSA) is 84.5 Å². The fourth-order valence-corrected chi connectivity index (χ4v) is 6.63. The predicted octanol–water partition coefficient (Wildman–Crippen LogP) is 6.51. The normalized spacial score (nSPS) is 23.4. The number of fused-ring (bicyclic) bond motifs is 3. The van der Waals surface area contributed by atoms with Gasteiger partial charge in [0.05, 0.1) is 23.0 Å². The maximum atomic E-state index is 14.2. The number of hydrogen-bond acceptors (Lipinski definition) is 4. The molecule has 3 aliphatic carbocycles. The van der Waals surface area contributed by atoms with E-state index in [1.165, 1.54) is 20.1 Å². The number of sulfonamides is 1. The van der Waals surface area contributed by atoms with Gasteiger partial charge in [-0.05, 0) is 83.4 Å². The molecule has 3 fully saturated rings. The first-order valence-electron chi connectivity index (χ1n) is 11.5. The standard InChI is InChI=1S/C17H21Br2FN2O4S.C4H8F2.C2H6/c1-26-13-9-14(12(19)8-11(13)18)27(24,25)21-10-15(23)22-17-5-2-16(20,3-6-17)4-7-17;1-3-4(2,5)6;1-2/h8-9,21H,2-7,10H2,1H3,(H,22,23);3H2,1-2H3;1-2H3. The van der Waals surface area contributed by atoms with E-state index in [-0.39, 0.29) is 17.9 Å². The summed E-state index contributed by atoms with van der Waals surface area (Å²) in [5.41, 5.74) is -1.49. The number of alkyl halides is 3. The average Bonchev–Trinajstić information content (AvgIpc) is 2.80. The molecule has 4 rings (SSSR count). The lowest BCUT2D eigenvalue weighted by atomic mass is 9.64. The zero-order chi connectivity index (χ0) is 27.1. The van der Waals surface area contributed by atoms with Gasteiger partial charge in [-0.3, -0.25) is 4.79 Å². The van der Waals surface area contributed by atoms with Crippen molar-refractivity contribution in [3.63, 3.8) is 0 Å². The fraction of sp³-hybridized carbons (Fsp3) is 0.696. The average molecular weight is 652 g/mol. The maximum absolute atomic E-state index is 14.2. The Kier molecular flexibility index (Phi) is 12.0. The van der Waals surface area contributed by atoms with Crippen molar-refractivity contribution in [3.05, 3.63) is 21.1 Å². The second-order valence-electron chi connectivity index (χ2n) is 8.64. The van der Waals surface area contributed by atoms with Crippen LogP contribution >= 0.6 is 31.9 Å². The summed E-state index contributed by atoms with van der Waals surface area (Å²) in [5.74, 6) is -2.51. The van der Waals surface area contributed by atoms with Crippen LogP contribution in [-0.2, 0) is 14.8 Å². The van der Waals surface area contributed by atoms with Gasteiger partial charge in [-0.2, -0.15) is 0 Å². The van der Waals surface area contributed by atoms with E-state index < -0.39 is 33.1 Å². The minimum absolute atomic E-state index is 0.0222. The predicted molar refractivity (Wildman–Crippen MR) is 138 cm³/mol. The zero-order valence-corrected chi connectivity index (χ0v) is 24.7. The molecule has 1 aromatic rings. The van der Waals surface area contributed by atoms with Crippen LogP contribution < -0.4 is 14.8 Å². The number of benzene rings is 1. The summed E-state index contributed by atoms with van der Waals surface area (Å²) in [4.78, 5) is 12.3. The van der Waals surface area contributed by atoms with Gasteiger partial charge in [0.2, 0.25) is 21.9 Å². The molecule has 2 N–H and O–H groups in total. The highest BCUT2D eigenvalue weighted by molar-refractivity contribution is 9.11. The largest absolute Gasteiger partial charge is 0.496 e. The van der Waals surface area contributed by atoms with Gasteiger partial charge < -0.3 is 10.1 Å². The molecule has 3 saturated carbocycles. The van der Waals surface area contributed by atoms with Gasteiger partial charge in [-0.1, -0.05) is 20.8 Å². The number of halogens is 5. The molecule has 0 atom stereocenters. The molecule has 0 radical (unpaired) electrons. The summed E-state index contributed by atoms with van der Waals surface area (Å²) >= 11 is 6.51. The summed E-state index contributed by atoms with van der Waals surface area (Å²) in [5, 5.41) is 2.93. The van der Waals surface area contributed by atoms with Crippen LogP contribution in [0.4, 0.5) is 13.2 Å². The van der Waals surface area contributed by atoms with Crippen molar-refractivity contribution in [1.82, 2.24) is 10.0 Å². The molecular formula is C23H35Br2F3N2O4S. The lowest BCUT2D eigenvalue weighted by Crippen LogP contribution is -2.58. The summed E-state index contributed by atoms with van der Waals surface area (Å²) < 4.78 is 70.7. The SMILES string of the molecule is CC.CCC(C)(F)F.COc1cc(S(=O)(=O)NCC(=O)NC23CCC(F)(CC2)CC3)c(Br)cc1Br. The van der Waals surface area contributed by atoms with Crippen molar-refractivity contribution < 1.29 is 31.1 Å². The van der Waals surface area contributed by atoms with Crippen LogP contribution in [0.1, 0.15) is 72.6 Å². The van der Waals surface area contributed by atoms with E-state index in [2.05, 4.69) is 41.9 Å². The van der Waals surface area contributed by atoms with Crippen LogP contribution in [0, 0.1) is 0 Å². The molecule has 35 heavy (non-hydrogen) atoms. The molecule has 0 heterocycles. The molecule has 0 aromatic heterocycles. The van der Waals surface area contributed by atoms with Crippen LogP contribution in [0.25, 0.3) is 0 Å². The van der Waals surface area contributed by atoms with Crippen LogP contribution in [-0.4, -0.2) is 45.1 Å². The number of carbonyl (C=O) groups is 1. The lowest BCUT2D eigenvalue weighted by molar-refractivity contribution is -0.124. The van der Waals surface area contributed by atoms with Crippen LogP contribution in [0.15, 0.2) is 26.0 Å². The molecule has 0 aliphatic heterocycles. The van der Waals surface area contributed by atoms with Crippen molar-refractivity contribution in [2.45, 2.75) is 94.7 Å². The fourth-order valence-electron chi connectivity index (χ4n) is 3.78. The third-order valence-electron chi connectivity index (χ3n) is 6.10. The lowest BCUT2D eigenvalue weighted by Gasteiger charge is -2.49. The van der Waals surface area contributed by atoms with Crippen molar-refractivity contribution in [2.75, 3.05) is 13.7 Å². The van der Waals surface area contributed by atoms with Gasteiger partial charge in [-0.25, -0.2) is 26.3 Å². The molecule has 0 saturated heterocycles. The summed E-state index contributed by atoms with van der Waals surface area (Å²) in [6, 6.07) is 2.94. The monoisotopic (exact) mass is 650 g/mol. The molecule has 2 bridgehead atoms. The molecule has 1 amide bonds. The van der Waals surface area contributed by atoms with Crippen molar-refractivity contribution >= 4 is 47.8 Å². The molecular weight excluding hydrogens is 617 g/mol. The van der Waals surface area contributed by atoms with Gasteiger partial charge in [-0.15, -0.1) is 0 Å². The quantitative estimate of drug-likeness (QED) is 0.352. The smallest absolute Gasteiger partial charge is 0.245 e. The second kappa shape index (κ2) is 13.1. The molecule has 6 nitrogen and oxygen atoms in total. The summed E-state index contributed by atoms with van der Waals surface area (Å²) in [6.07, 6.45) is 3.07. The first-order valence-corrected chi connectivity index (χ1v) is 14.6. The van der Waals surface area contributed by atoms with E-state index in [4.69, 9.17) is 4.74 Å². The maximum Gasteiger partial charge on any atom is 0.245 e. The highest BCUT2D eigenvalue weighted by Gasteiger charge is 2.49. The van der Waals surface area contributed by atoms with E-state index in [9.17, 15) is 26.4 Å². The highest BCUT2D eigenvalue weighted by atomic mass is 79.9. The van der Waals surface area contributed by atoms with E-state index in [0.717, 1.165) is 6.92 Å². The van der Waals surface area contributed by atoms with E-state index in [0.29, 0.717) is 53.2 Å². The summed E-state index contributed by atoms with van der Waals surface area (Å²) in [6.45, 7) is 5.99. The van der Waals surface area contributed by atoms with Crippen molar-refractivity contribution in [3.8, 4) is 5.75 Å².